The largest absolute Gasteiger partial charge is 0.379 e. The highest BCUT2D eigenvalue weighted by atomic mass is 79.9. The number of nitro benzene ring substituents is 1. The minimum Gasteiger partial charge on any atom is -0.379 e. The highest BCUT2D eigenvalue weighted by molar-refractivity contribution is 9.10. The van der Waals surface area contributed by atoms with Gasteiger partial charge in [-0.3, -0.25) is 10.1 Å². The quantitative estimate of drug-likeness (QED) is 0.672. The summed E-state index contributed by atoms with van der Waals surface area (Å²) in [5.41, 5.74) is 0.161. The minimum absolute atomic E-state index is 0.0960. The van der Waals surface area contributed by atoms with Crippen LogP contribution < -0.4 is 5.32 Å². The highest BCUT2D eigenvalue weighted by Gasteiger charge is 2.20. The van der Waals surface area contributed by atoms with Crippen molar-refractivity contribution in [3.8, 4) is 0 Å². The van der Waals surface area contributed by atoms with E-state index in [1.165, 1.54) is 25.0 Å². The summed E-state index contributed by atoms with van der Waals surface area (Å²) in [5, 5.41) is 13.9. The van der Waals surface area contributed by atoms with Crippen molar-refractivity contribution in [3.05, 3.63) is 32.5 Å². The summed E-state index contributed by atoms with van der Waals surface area (Å²) in [6.07, 6.45) is 4.70. The van der Waals surface area contributed by atoms with E-state index in [1.807, 2.05) is 0 Å². The van der Waals surface area contributed by atoms with E-state index < -0.39 is 10.7 Å². The normalized spacial score (nSPS) is 15.9. The van der Waals surface area contributed by atoms with Crippen molar-refractivity contribution >= 4 is 27.3 Å². The van der Waals surface area contributed by atoms with Crippen LogP contribution in [0.2, 0.25) is 0 Å². The summed E-state index contributed by atoms with van der Waals surface area (Å²) in [6.45, 7) is 0.669. The van der Waals surface area contributed by atoms with E-state index in [9.17, 15) is 14.5 Å². The fourth-order valence-electron chi connectivity index (χ4n) is 2.30. The predicted molar refractivity (Wildman–Crippen MR) is 71.2 cm³/mol. The van der Waals surface area contributed by atoms with E-state index in [4.69, 9.17) is 0 Å². The predicted octanol–water partition coefficient (Wildman–Crippen LogP) is 4.10. The maximum atomic E-state index is 13.4. The highest BCUT2D eigenvalue weighted by Crippen LogP contribution is 2.32. The molecule has 4 nitrogen and oxygen atoms in total. The van der Waals surface area contributed by atoms with Gasteiger partial charge in [0.1, 0.15) is 11.5 Å². The van der Waals surface area contributed by atoms with Crippen molar-refractivity contribution in [3.63, 3.8) is 0 Å². The molecule has 0 aromatic heterocycles. The molecule has 1 N–H and O–H groups in total. The Morgan fingerprint density at radius 3 is 2.72 bits per heavy atom. The summed E-state index contributed by atoms with van der Waals surface area (Å²) in [5.74, 6) is 0.0471. The third-order valence-corrected chi connectivity index (χ3v) is 3.90. The molecule has 1 aliphatic carbocycles. The first-order chi connectivity index (χ1) is 8.58. The lowest BCUT2D eigenvalue weighted by molar-refractivity contribution is -0.384. The van der Waals surface area contributed by atoms with Crippen molar-refractivity contribution in [1.29, 1.82) is 0 Å². The van der Waals surface area contributed by atoms with Gasteiger partial charge in [-0.05, 0) is 34.7 Å². The van der Waals surface area contributed by atoms with Gasteiger partial charge in [0, 0.05) is 18.7 Å². The zero-order chi connectivity index (χ0) is 13.1. The van der Waals surface area contributed by atoms with Crippen LogP contribution in [0.5, 0.6) is 0 Å². The van der Waals surface area contributed by atoms with Crippen LogP contribution in [0.25, 0.3) is 0 Å². The summed E-state index contributed by atoms with van der Waals surface area (Å²) in [4.78, 5) is 10.4. The number of benzene rings is 1. The first kappa shape index (κ1) is 13.3. The molecule has 1 aliphatic rings. The van der Waals surface area contributed by atoms with E-state index >= 15 is 0 Å². The van der Waals surface area contributed by atoms with Crippen molar-refractivity contribution in [2.75, 3.05) is 11.9 Å². The van der Waals surface area contributed by atoms with Crippen LogP contribution in [0, 0.1) is 21.8 Å². The molecule has 98 valence electrons. The second-order valence-corrected chi connectivity index (χ2v) is 5.43. The standard InChI is InChI=1S/C12H14BrFN2O2/c13-9-5-12(16(17)18)11(6-10(9)14)15-7-8-3-1-2-4-8/h5-6,8,15H,1-4,7H2. The van der Waals surface area contributed by atoms with Crippen molar-refractivity contribution < 1.29 is 9.31 Å². The van der Waals surface area contributed by atoms with Crippen LogP contribution in [0.15, 0.2) is 16.6 Å². The van der Waals surface area contributed by atoms with Gasteiger partial charge in [-0.25, -0.2) is 4.39 Å². The van der Waals surface area contributed by atoms with E-state index in [2.05, 4.69) is 21.2 Å². The molecule has 0 heterocycles. The Labute approximate surface area is 113 Å². The van der Waals surface area contributed by atoms with Gasteiger partial charge in [0.2, 0.25) is 0 Å². The maximum absolute atomic E-state index is 13.4. The van der Waals surface area contributed by atoms with Crippen LogP contribution in [0.4, 0.5) is 15.8 Å². The fraction of sp³-hybridized carbons (Fsp3) is 0.500. The number of anilines is 1. The van der Waals surface area contributed by atoms with Gasteiger partial charge in [-0.1, -0.05) is 12.8 Å². The first-order valence-electron chi connectivity index (χ1n) is 5.95. The van der Waals surface area contributed by atoms with Crippen molar-refractivity contribution in [2.24, 2.45) is 5.92 Å². The lowest BCUT2D eigenvalue weighted by Crippen LogP contribution is -2.12. The maximum Gasteiger partial charge on any atom is 0.293 e. The number of hydrogen-bond donors (Lipinski definition) is 1. The molecule has 0 bridgehead atoms. The number of nitro groups is 1. The topological polar surface area (TPSA) is 55.2 Å². The summed E-state index contributed by atoms with van der Waals surface area (Å²) < 4.78 is 13.5. The first-order valence-corrected chi connectivity index (χ1v) is 6.74. The van der Waals surface area contributed by atoms with Gasteiger partial charge in [-0.2, -0.15) is 0 Å². The molecule has 0 saturated heterocycles. The molecule has 1 aromatic rings. The number of nitrogens with zero attached hydrogens (tertiary/aromatic N) is 1. The molecule has 18 heavy (non-hydrogen) atoms. The molecule has 0 aliphatic heterocycles. The summed E-state index contributed by atoms with van der Waals surface area (Å²) >= 11 is 2.96. The molecule has 0 atom stereocenters. The Morgan fingerprint density at radius 2 is 2.11 bits per heavy atom. The third kappa shape index (κ3) is 2.98. The summed E-state index contributed by atoms with van der Waals surface area (Å²) in [6, 6.07) is 2.38. The van der Waals surface area contributed by atoms with Crippen LogP contribution in [-0.4, -0.2) is 11.5 Å². The van der Waals surface area contributed by atoms with Crippen LogP contribution in [0.3, 0.4) is 0 Å². The molecule has 0 unspecified atom stereocenters. The lowest BCUT2D eigenvalue weighted by atomic mass is 10.1. The zero-order valence-electron chi connectivity index (χ0n) is 9.79. The van der Waals surface area contributed by atoms with Crippen molar-refractivity contribution in [1.82, 2.24) is 0 Å². The monoisotopic (exact) mass is 316 g/mol. The van der Waals surface area contributed by atoms with E-state index in [-0.39, 0.29) is 15.8 Å². The Hall–Kier alpha value is -1.17. The molecule has 2 rings (SSSR count). The smallest absolute Gasteiger partial charge is 0.293 e. The Balaban J connectivity index is 2.14. The SMILES string of the molecule is O=[N+]([O-])c1cc(Br)c(F)cc1NCC1CCCC1. The molecular formula is C12H14BrFN2O2. The number of rotatable bonds is 4. The number of halogens is 2. The van der Waals surface area contributed by atoms with Gasteiger partial charge >= 0.3 is 0 Å². The minimum atomic E-state index is -0.499. The van der Waals surface area contributed by atoms with Gasteiger partial charge in [-0.15, -0.1) is 0 Å². The zero-order valence-corrected chi connectivity index (χ0v) is 11.4. The third-order valence-electron chi connectivity index (χ3n) is 3.29. The molecular weight excluding hydrogens is 303 g/mol. The molecule has 1 fully saturated rings. The summed E-state index contributed by atoms with van der Waals surface area (Å²) in [7, 11) is 0. The van der Waals surface area contributed by atoms with Crippen molar-refractivity contribution in [2.45, 2.75) is 25.7 Å². The Kier molecular flexibility index (Phi) is 4.16. The van der Waals surface area contributed by atoms with Gasteiger partial charge in [0.15, 0.2) is 0 Å². The van der Waals surface area contributed by atoms with E-state index in [1.54, 1.807) is 0 Å². The average Bonchev–Trinajstić information content (AvgIpc) is 2.83. The Morgan fingerprint density at radius 1 is 1.44 bits per heavy atom. The van der Waals surface area contributed by atoms with Gasteiger partial charge in [0.25, 0.3) is 5.69 Å². The van der Waals surface area contributed by atoms with Gasteiger partial charge in [0.05, 0.1) is 9.40 Å². The molecule has 0 spiro atoms. The number of hydrogen-bond acceptors (Lipinski definition) is 3. The fourth-order valence-corrected chi connectivity index (χ4v) is 2.63. The van der Waals surface area contributed by atoms with Crippen LogP contribution in [-0.2, 0) is 0 Å². The average molecular weight is 317 g/mol. The Bertz CT molecular complexity index is 462. The van der Waals surface area contributed by atoms with Gasteiger partial charge < -0.3 is 5.32 Å². The molecule has 1 aromatic carbocycles. The molecule has 0 amide bonds. The second-order valence-electron chi connectivity index (χ2n) is 4.57. The number of nitrogens with one attached hydrogen (secondary N) is 1. The molecule has 0 radical (unpaired) electrons. The van der Waals surface area contributed by atoms with Crippen LogP contribution in [0.1, 0.15) is 25.7 Å². The molecule has 1 saturated carbocycles. The van der Waals surface area contributed by atoms with E-state index in [0.29, 0.717) is 12.5 Å². The second kappa shape index (κ2) is 5.65. The van der Waals surface area contributed by atoms with Crippen LogP contribution >= 0.6 is 15.9 Å². The molecule has 6 heteroatoms. The lowest BCUT2D eigenvalue weighted by Gasteiger charge is -2.12. The van der Waals surface area contributed by atoms with E-state index in [0.717, 1.165) is 12.8 Å².